The molecule has 1 radical (unpaired) electrons. The summed E-state index contributed by atoms with van der Waals surface area (Å²) < 4.78 is 0. The molecule has 0 unspecified atom stereocenters. The van der Waals surface area contributed by atoms with E-state index in [4.69, 9.17) is 4.84 Å². The molecule has 0 aromatic heterocycles. The van der Waals surface area contributed by atoms with E-state index in [0.29, 0.717) is 19.6 Å². The monoisotopic (exact) mass is 144 g/mol. The van der Waals surface area contributed by atoms with Crippen LogP contribution in [-0.4, -0.2) is 24.6 Å². The topological polar surface area (TPSA) is 29.5 Å². The van der Waals surface area contributed by atoms with E-state index in [1.807, 2.05) is 0 Å². The Hall–Kier alpha value is -0.570. The minimum absolute atomic E-state index is 0.368. The molecule has 0 rings (SSSR count). The molecule has 0 aliphatic rings. The fraction of sp³-hybridized carbons (Fsp3) is 0.714. The summed E-state index contributed by atoms with van der Waals surface area (Å²) in [5, 5.41) is 1.19. The van der Waals surface area contributed by atoms with Gasteiger partial charge in [0, 0.05) is 6.54 Å². The van der Waals surface area contributed by atoms with Gasteiger partial charge in [-0.15, -0.1) is 0 Å². The van der Waals surface area contributed by atoms with Gasteiger partial charge in [-0.1, -0.05) is 13.3 Å². The molecule has 0 bridgehead atoms. The Morgan fingerprint density at radius 1 is 1.70 bits per heavy atom. The molecule has 10 heavy (non-hydrogen) atoms. The second kappa shape index (κ2) is 6.55. The lowest BCUT2D eigenvalue weighted by Crippen LogP contribution is -2.22. The lowest BCUT2D eigenvalue weighted by atomic mass is 10.4. The van der Waals surface area contributed by atoms with Crippen LogP contribution in [0.2, 0.25) is 0 Å². The van der Waals surface area contributed by atoms with Crippen molar-refractivity contribution in [1.29, 1.82) is 0 Å². The number of hydroxylamine groups is 2. The second-order valence-electron chi connectivity index (χ2n) is 1.93. The zero-order valence-electron chi connectivity index (χ0n) is 6.38. The summed E-state index contributed by atoms with van der Waals surface area (Å²) in [7, 11) is 0. The first kappa shape index (κ1) is 9.43. The molecule has 0 fully saturated rings. The van der Waals surface area contributed by atoms with Gasteiger partial charge >= 0.3 is 0 Å². The van der Waals surface area contributed by atoms with Crippen LogP contribution in [0.1, 0.15) is 19.8 Å². The van der Waals surface area contributed by atoms with Crippen LogP contribution in [0.15, 0.2) is 0 Å². The van der Waals surface area contributed by atoms with Crippen molar-refractivity contribution in [3.8, 4) is 0 Å². The third kappa shape index (κ3) is 4.32. The van der Waals surface area contributed by atoms with Crippen LogP contribution in [0.5, 0.6) is 0 Å². The van der Waals surface area contributed by atoms with Crippen molar-refractivity contribution in [1.82, 2.24) is 5.06 Å². The maximum Gasteiger partial charge on any atom is 0.233 e. The number of unbranched alkanes of at least 4 members (excludes halogenated alkanes) is 1. The zero-order valence-corrected chi connectivity index (χ0v) is 6.38. The van der Waals surface area contributed by atoms with Gasteiger partial charge in [-0.2, -0.15) is 0 Å². The normalized spacial score (nSPS) is 9.40. The van der Waals surface area contributed by atoms with Crippen molar-refractivity contribution >= 4 is 6.41 Å². The molecule has 0 aromatic rings. The first-order valence-corrected chi connectivity index (χ1v) is 3.49. The molecule has 3 heteroatoms. The van der Waals surface area contributed by atoms with Crippen molar-refractivity contribution in [3.63, 3.8) is 0 Å². The average molecular weight is 144 g/mol. The van der Waals surface area contributed by atoms with Gasteiger partial charge in [0.15, 0.2) is 0 Å². The van der Waals surface area contributed by atoms with Gasteiger partial charge in [0.25, 0.3) is 0 Å². The molecule has 0 N–H and O–H groups in total. The molecule has 0 saturated carbocycles. The van der Waals surface area contributed by atoms with Gasteiger partial charge < -0.3 is 0 Å². The third-order valence-corrected chi connectivity index (χ3v) is 1.09. The first-order chi connectivity index (χ1) is 4.85. The summed E-state index contributed by atoms with van der Waals surface area (Å²) in [4.78, 5) is 15.1. The van der Waals surface area contributed by atoms with E-state index in [2.05, 4.69) is 13.8 Å². The quantitative estimate of drug-likeness (QED) is 0.316. The SMILES string of the molecule is [CH2]CN(C=O)OCCCC. The van der Waals surface area contributed by atoms with Crippen molar-refractivity contribution in [2.24, 2.45) is 0 Å². The van der Waals surface area contributed by atoms with E-state index < -0.39 is 0 Å². The van der Waals surface area contributed by atoms with Crippen molar-refractivity contribution in [3.05, 3.63) is 6.92 Å². The van der Waals surface area contributed by atoms with Gasteiger partial charge in [0.1, 0.15) is 0 Å². The third-order valence-electron chi connectivity index (χ3n) is 1.09. The number of amides is 1. The Morgan fingerprint density at radius 3 is 2.80 bits per heavy atom. The van der Waals surface area contributed by atoms with E-state index in [-0.39, 0.29) is 0 Å². The van der Waals surface area contributed by atoms with Gasteiger partial charge in [-0.25, -0.2) is 5.06 Å². The number of carbonyl (C=O) groups excluding carboxylic acids is 1. The fourth-order valence-corrected chi connectivity index (χ4v) is 0.474. The van der Waals surface area contributed by atoms with Crippen LogP contribution in [0, 0.1) is 6.92 Å². The van der Waals surface area contributed by atoms with Crippen LogP contribution in [-0.2, 0) is 9.63 Å². The van der Waals surface area contributed by atoms with Gasteiger partial charge in [0.05, 0.1) is 6.61 Å². The lowest BCUT2D eigenvalue weighted by Gasteiger charge is -2.13. The van der Waals surface area contributed by atoms with E-state index in [1.54, 1.807) is 0 Å². The Morgan fingerprint density at radius 2 is 2.40 bits per heavy atom. The van der Waals surface area contributed by atoms with Gasteiger partial charge in [-0.05, 0) is 13.3 Å². The Labute approximate surface area is 61.9 Å². The number of hydrogen-bond donors (Lipinski definition) is 0. The summed E-state index contributed by atoms with van der Waals surface area (Å²) in [5.41, 5.74) is 0. The molecule has 1 amide bonds. The Balaban J connectivity index is 3.17. The average Bonchev–Trinajstić information content (AvgIpc) is 1.99. The summed E-state index contributed by atoms with van der Waals surface area (Å²) in [6, 6.07) is 0. The van der Waals surface area contributed by atoms with E-state index in [9.17, 15) is 4.79 Å². The van der Waals surface area contributed by atoms with Gasteiger partial charge in [0.2, 0.25) is 6.41 Å². The van der Waals surface area contributed by atoms with Crippen LogP contribution in [0.4, 0.5) is 0 Å². The second-order valence-corrected chi connectivity index (χ2v) is 1.93. The highest BCUT2D eigenvalue weighted by molar-refractivity contribution is 5.44. The van der Waals surface area contributed by atoms with Crippen molar-refractivity contribution < 1.29 is 9.63 Å². The van der Waals surface area contributed by atoms with Crippen LogP contribution in [0.3, 0.4) is 0 Å². The highest BCUT2D eigenvalue weighted by Gasteiger charge is 1.95. The Bertz CT molecular complexity index is 85.7. The van der Waals surface area contributed by atoms with Crippen molar-refractivity contribution in [2.75, 3.05) is 13.2 Å². The van der Waals surface area contributed by atoms with E-state index >= 15 is 0 Å². The largest absolute Gasteiger partial charge is 0.276 e. The predicted octanol–water partition coefficient (Wildman–Crippen LogP) is 1.01. The minimum atomic E-state index is 0.368. The number of rotatable bonds is 6. The van der Waals surface area contributed by atoms with Crippen LogP contribution >= 0.6 is 0 Å². The summed E-state index contributed by atoms with van der Waals surface area (Å²) >= 11 is 0. The number of nitrogens with zero attached hydrogens (tertiary/aromatic N) is 1. The van der Waals surface area contributed by atoms with E-state index in [1.165, 1.54) is 5.06 Å². The van der Waals surface area contributed by atoms with Crippen LogP contribution in [0.25, 0.3) is 0 Å². The summed E-state index contributed by atoms with van der Waals surface area (Å²) in [6.07, 6.45) is 2.69. The highest BCUT2D eigenvalue weighted by Crippen LogP contribution is 1.90. The lowest BCUT2D eigenvalue weighted by molar-refractivity contribution is -0.169. The fourth-order valence-electron chi connectivity index (χ4n) is 0.474. The van der Waals surface area contributed by atoms with Crippen LogP contribution < -0.4 is 0 Å². The minimum Gasteiger partial charge on any atom is -0.276 e. The Kier molecular flexibility index (Phi) is 6.18. The molecule has 59 valence electrons. The molecular formula is C7H14NO2. The molecule has 0 aliphatic heterocycles. The van der Waals surface area contributed by atoms with Gasteiger partial charge in [-0.3, -0.25) is 9.63 Å². The molecule has 0 heterocycles. The predicted molar refractivity (Wildman–Crippen MR) is 39.0 cm³/mol. The molecule has 0 spiro atoms. The smallest absolute Gasteiger partial charge is 0.233 e. The molecule has 0 atom stereocenters. The maximum atomic E-state index is 10.1. The summed E-state index contributed by atoms with van der Waals surface area (Å²) in [5.74, 6) is 0. The zero-order chi connectivity index (χ0) is 7.82. The molecular weight excluding hydrogens is 130 g/mol. The number of hydrogen-bond acceptors (Lipinski definition) is 2. The molecule has 0 aromatic carbocycles. The molecule has 0 saturated heterocycles. The van der Waals surface area contributed by atoms with E-state index in [0.717, 1.165) is 12.8 Å². The maximum absolute atomic E-state index is 10.1. The standard InChI is InChI=1S/C7H14NO2/c1-3-5-6-10-8(4-2)7-9/h7H,2-6H2,1H3. The van der Waals surface area contributed by atoms with Crippen molar-refractivity contribution in [2.45, 2.75) is 19.8 Å². The first-order valence-electron chi connectivity index (χ1n) is 3.49. The highest BCUT2D eigenvalue weighted by atomic mass is 16.7. The number of carbonyl (C=O) groups is 1. The molecule has 0 aliphatic carbocycles. The molecule has 3 nitrogen and oxygen atoms in total. The summed E-state index contributed by atoms with van der Waals surface area (Å²) in [6.45, 7) is 6.54.